The van der Waals surface area contributed by atoms with Crippen LogP contribution in [0, 0.1) is 0 Å². The van der Waals surface area contributed by atoms with Crippen LogP contribution in [0.25, 0.3) is 5.52 Å². The third kappa shape index (κ3) is 1.75. The molecule has 0 aliphatic rings. The van der Waals surface area contributed by atoms with Gasteiger partial charge in [-0.15, -0.1) is 0 Å². The standard InChI is InChI=1S/C9H6BrF3N2O/c1-16-7-2-5(10)4-15-8(7)6(3-14-15)9(11,12)13/h2-4H,1H3. The van der Waals surface area contributed by atoms with Crippen molar-refractivity contribution < 1.29 is 17.9 Å². The highest BCUT2D eigenvalue weighted by Gasteiger charge is 2.35. The van der Waals surface area contributed by atoms with Crippen LogP contribution in [0.2, 0.25) is 0 Å². The summed E-state index contributed by atoms with van der Waals surface area (Å²) in [5, 5.41) is 3.64. The SMILES string of the molecule is COc1cc(Br)cn2ncc(C(F)(F)F)c12. The van der Waals surface area contributed by atoms with Gasteiger partial charge in [-0.3, -0.25) is 0 Å². The van der Waals surface area contributed by atoms with E-state index in [-0.39, 0.29) is 11.3 Å². The molecule has 2 rings (SSSR count). The zero-order valence-electron chi connectivity index (χ0n) is 8.05. The molecular formula is C9H6BrF3N2O. The Morgan fingerprint density at radius 3 is 2.69 bits per heavy atom. The van der Waals surface area contributed by atoms with Crippen molar-refractivity contribution in [2.75, 3.05) is 7.11 Å². The van der Waals surface area contributed by atoms with Gasteiger partial charge < -0.3 is 4.74 Å². The van der Waals surface area contributed by atoms with Gasteiger partial charge in [0.15, 0.2) is 0 Å². The Hall–Kier alpha value is -1.24. The number of aromatic nitrogens is 2. The van der Waals surface area contributed by atoms with Crippen LogP contribution in [0.15, 0.2) is 22.9 Å². The maximum Gasteiger partial charge on any atom is 0.420 e. The lowest BCUT2D eigenvalue weighted by atomic mass is 10.2. The van der Waals surface area contributed by atoms with Gasteiger partial charge in [-0.2, -0.15) is 18.3 Å². The van der Waals surface area contributed by atoms with Gasteiger partial charge in [-0.05, 0) is 22.0 Å². The maximum absolute atomic E-state index is 12.6. The van der Waals surface area contributed by atoms with E-state index in [1.54, 1.807) is 0 Å². The lowest BCUT2D eigenvalue weighted by molar-refractivity contribution is -0.136. The molecule has 0 N–H and O–H groups in total. The summed E-state index contributed by atoms with van der Waals surface area (Å²) in [5.74, 6) is 0.124. The summed E-state index contributed by atoms with van der Waals surface area (Å²) < 4.78 is 44.6. The number of halogens is 4. The minimum atomic E-state index is -4.44. The lowest BCUT2D eigenvalue weighted by Gasteiger charge is -2.08. The van der Waals surface area contributed by atoms with Crippen molar-refractivity contribution in [1.82, 2.24) is 9.61 Å². The van der Waals surface area contributed by atoms with Gasteiger partial charge in [0.25, 0.3) is 0 Å². The van der Waals surface area contributed by atoms with Crippen LogP contribution in [0.1, 0.15) is 5.56 Å². The van der Waals surface area contributed by atoms with Crippen molar-refractivity contribution in [3.63, 3.8) is 0 Å². The molecule has 0 atom stereocenters. The van der Waals surface area contributed by atoms with E-state index in [1.807, 2.05) is 0 Å². The molecule has 7 heteroatoms. The van der Waals surface area contributed by atoms with Crippen molar-refractivity contribution in [3.05, 3.63) is 28.5 Å². The average Bonchev–Trinajstić information content (AvgIpc) is 2.59. The predicted octanol–water partition coefficient (Wildman–Crippen LogP) is 3.12. The van der Waals surface area contributed by atoms with Gasteiger partial charge >= 0.3 is 6.18 Å². The Bertz CT molecular complexity index is 535. The van der Waals surface area contributed by atoms with Gasteiger partial charge in [0.2, 0.25) is 0 Å². The fraction of sp³-hybridized carbons (Fsp3) is 0.222. The molecular weight excluding hydrogens is 289 g/mol. The normalized spacial score (nSPS) is 12.1. The summed E-state index contributed by atoms with van der Waals surface area (Å²) in [5.41, 5.74) is -0.893. The minimum absolute atomic E-state index is 0.0850. The fourth-order valence-electron chi connectivity index (χ4n) is 1.42. The Kier molecular flexibility index (Phi) is 2.57. The van der Waals surface area contributed by atoms with Crippen LogP contribution < -0.4 is 4.74 Å². The van der Waals surface area contributed by atoms with E-state index in [0.29, 0.717) is 4.47 Å². The van der Waals surface area contributed by atoms with E-state index in [4.69, 9.17) is 4.74 Å². The summed E-state index contributed by atoms with van der Waals surface area (Å²) in [6.07, 6.45) is -2.22. The van der Waals surface area contributed by atoms with Crippen molar-refractivity contribution in [2.24, 2.45) is 0 Å². The number of hydrogen-bond acceptors (Lipinski definition) is 2. The van der Waals surface area contributed by atoms with Crippen molar-refractivity contribution in [2.45, 2.75) is 6.18 Å². The summed E-state index contributed by atoms with van der Waals surface area (Å²) in [7, 11) is 1.31. The molecule has 2 aromatic heterocycles. The number of pyridine rings is 1. The number of hydrogen-bond donors (Lipinski definition) is 0. The third-order valence-electron chi connectivity index (χ3n) is 2.07. The Morgan fingerprint density at radius 2 is 2.12 bits per heavy atom. The number of fused-ring (bicyclic) bond motifs is 1. The first-order valence-corrected chi connectivity index (χ1v) is 5.01. The Balaban J connectivity index is 2.80. The Labute approximate surface area is 96.9 Å². The number of alkyl halides is 3. The second-order valence-corrected chi connectivity index (χ2v) is 3.99. The van der Waals surface area contributed by atoms with Crippen LogP contribution in [0.3, 0.4) is 0 Å². The van der Waals surface area contributed by atoms with E-state index in [2.05, 4.69) is 21.0 Å². The van der Waals surface area contributed by atoms with Crippen LogP contribution in [0.5, 0.6) is 5.75 Å². The summed E-state index contributed by atoms with van der Waals surface area (Å²) >= 11 is 3.16. The molecule has 16 heavy (non-hydrogen) atoms. The van der Waals surface area contributed by atoms with Gasteiger partial charge in [-0.1, -0.05) is 0 Å². The lowest BCUT2D eigenvalue weighted by Crippen LogP contribution is -2.05. The summed E-state index contributed by atoms with van der Waals surface area (Å²) in [6.45, 7) is 0. The molecule has 0 radical (unpaired) electrons. The van der Waals surface area contributed by atoms with E-state index in [0.717, 1.165) is 10.7 Å². The van der Waals surface area contributed by atoms with Crippen molar-refractivity contribution >= 4 is 21.4 Å². The smallest absolute Gasteiger partial charge is 0.420 e. The molecule has 86 valence electrons. The molecule has 0 fully saturated rings. The molecule has 2 aromatic rings. The molecule has 0 aromatic carbocycles. The van der Waals surface area contributed by atoms with E-state index in [9.17, 15) is 13.2 Å². The predicted molar refractivity (Wildman–Crippen MR) is 54.4 cm³/mol. The summed E-state index contributed by atoms with van der Waals surface area (Å²) in [6, 6.07) is 1.46. The minimum Gasteiger partial charge on any atom is -0.494 e. The van der Waals surface area contributed by atoms with Crippen molar-refractivity contribution in [3.8, 4) is 5.75 Å². The molecule has 3 nitrogen and oxygen atoms in total. The highest BCUT2D eigenvalue weighted by Crippen LogP contribution is 2.37. The quantitative estimate of drug-likeness (QED) is 0.808. The van der Waals surface area contributed by atoms with Crippen LogP contribution >= 0.6 is 15.9 Å². The third-order valence-corrected chi connectivity index (χ3v) is 2.50. The molecule has 0 amide bonds. The maximum atomic E-state index is 12.6. The molecule has 0 spiro atoms. The van der Waals surface area contributed by atoms with Crippen LogP contribution in [-0.2, 0) is 6.18 Å². The van der Waals surface area contributed by atoms with Gasteiger partial charge in [0, 0.05) is 10.7 Å². The number of ether oxygens (including phenoxy) is 1. The molecule has 0 saturated heterocycles. The molecule has 0 unspecified atom stereocenters. The molecule has 2 heterocycles. The first-order valence-electron chi connectivity index (χ1n) is 4.21. The molecule has 0 aliphatic heterocycles. The van der Waals surface area contributed by atoms with E-state index < -0.39 is 11.7 Å². The molecule has 0 aliphatic carbocycles. The number of methoxy groups -OCH3 is 1. The monoisotopic (exact) mass is 294 g/mol. The van der Waals surface area contributed by atoms with Crippen molar-refractivity contribution in [1.29, 1.82) is 0 Å². The second kappa shape index (κ2) is 3.65. The highest BCUT2D eigenvalue weighted by molar-refractivity contribution is 9.10. The van der Waals surface area contributed by atoms with E-state index in [1.165, 1.54) is 19.4 Å². The van der Waals surface area contributed by atoms with Crippen LogP contribution in [-0.4, -0.2) is 16.7 Å². The highest BCUT2D eigenvalue weighted by atomic mass is 79.9. The fourth-order valence-corrected chi connectivity index (χ4v) is 1.82. The van der Waals surface area contributed by atoms with Gasteiger partial charge in [0.1, 0.15) is 16.8 Å². The number of rotatable bonds is 1. The molecule has 0 bridgehead atoms. The Morgan fingerprint density at radius 1 is 1.44 bits per heavy atom. The van der Waals surface area contributed by atoms with Gasteiger partial charge in [0.05, 0.1) is 13.3 Å². The molecule has 0 saturated carbocycles. The second-order valence-electron chi connectivity index (χ2n) is 3.08. The van der Waals surface area contributed by atoms with Gasteiger partial charge in [-0.25, -0.2) is 4.52 Å². The first kappa shape index (κ1) is 11.3. The number of nitrogens with zero attached hydrogens (tertiary/aromatic N) is 2. The average molecular weight is 295 g/mol. The first-order chi connectivity index (χ1) is 7.43. The van der Waals surface area contributed by atoms with E-state index >= 15 is 0 Å². The zero-order valence-corrected chi connectivity index (χ0v) is 9.63. The van der Waals surface area contributed by atoms with Crippen LogP contribution in [0.4, 0.5) is 13.2 Å². The summed E-state index contributed by atoms with van der Waals surface area (Å²) in [4.78, 5) is 0. The largest absolute Gasteiger partial charge is 0.494 e. The zero-order chi connectivity index (χ0) is 11.9. The topological polar surface area (TPSA) is 26.5 Å².